The predicted octanol–water partition coefficient (Wildman–Crippen LogP) is 1.85. The number of carbonyl (C=O) groups is 2. The number of rotatable bonds is 9. The lowest BCUT2D eigenvalue weighted by Gasteiger charge is -2.22. The van der Waals surface area contributed by atoms with E-state index in [1.165, 1.54) is 6.08 Å². The van der Waals surface area contributed by atoms with Gasteiger partial charge in [-0.1, -0.05) is 44.6 Å². The minimum Gasteiger partial charge on any atom is -0.478 e. The summed E-state index contributed by atoms with van der Waals surface area (Å²) >= 11 is 0. The number of aliphatic hydroxyl groups is 1. The maximum absolute atomic E-state index is 12.0. The summed E-state index contributed by atoms with van der Waals surface area (Å²) in [7, 11) is 0. The van der Waals surface area contributed by atoms with Crippen LogP contribution in [-0.2, 0) is 19.1 Å². The van der Waals surface area contributed by atoms with Crippen LogP contribution in [0.15, 0.2) is 36.5 Å². The Hall–Kier alpha value is -1.92. The molecular formula is C17H24O6. The maximum atomic E-state index is 12.0. The lowest BCUT2D eigenvalue weighted by molar-refractivity contribution is -0.162. The lowest BCUT2D eigenvalue weighted by atomic mass is 10.0. The molecule has 0 radical (unpaired) electrons. The fourth-order valence-electron chi connectivity index (χ4n) is 1.73. The summed E-state index contributed by atoms with van der Waals surface area (Å²) in [4.78, 5) is 22.3. The Balaban J connectivity index is 2.64. The van der Waals surface area contributed by atoms with Crippen molar-refractivity contribution in [3.8, 4) is 0 Å². The molecule has 6 nitrogen and oxygen atoms in total. The topological polar surface area (TPSA) is 96.4 Å². The molecule has 4 atom stereocenters. The molecule has 128 valence electrons. The van der Waals surface area contributed by atoms with Crippen LogP contribution in [0.25, 0.3) is 0 Å². The second-order valence-electron chi connectivity index (χ2n) is 5.76. The van der Waals surface area contributed by atoms with E-state index in [1.54, 1.807) is 31.2 Å². The van der Waals surface area contributed by atoms with Crippen molar-refractivity contribution in [3.05, 3.63) is 36.5 Å². The number of hydrogen-bond acceptors (Lipinski definition) is 5. The van der Waals surface area contributed by atoms with E-state index in [4.69, 9.17) is 14.6 Å². The van der Waals surface area contributed by atoms with Crippen molar-refractivity contribution in [2.24, 2.45) is 5.92 Å². The molecule has 0 aromatic heterocycles. The van der Waals surface area contributed by atoms with Gasteiger partial charge in [-0.3, -0.25) is 0 Å². The van der Waals surface area contributed by atoms with E-state index < -0.39 is 29.7 Å². The second kappa shape index (κ2) is 8.64. The van der Waals surface area contributed by atoms with Crippen LogP contribution >= 0.6 is 0 Å². The zero-order valence-corrected chi connectivity index (χ0v) is 13.6. The summed E-state index contributed by atoms with van der Waals surface area (Å²) in [5.74, 6) is -1.87. The van der Waals surface area contributed by atoms with Gasteiger partial charge in [0.25, 0.3) is 0 Å². The highest BCUT2D eigenvalue weighted by Crippen LogP contribution is 2.33. The minimum atomic E-state index is -1.16. The Labute approximate surface area is 136 Å². The van der Waals surface area contributed by atoms with Crippen LogP contribution in [0.5, 0.6) is 0 Å². The number of ether oxygens (including phenoxy) is 2. The van der Waals surface area contributed by atoms with Crippen LogP contribution < -0.4 is 0 Å². The molecule has 1 saturated heterocycles. The summed E-state index contributed by atoms with van der Waals surface area (Å²) < 4.78 is 10.7. The molecule has 1 rings (SSSR count). The first kappa shape index (κ1) is 19.1. The average molecular weight is 324 g/mol. The van der Waals surface area contributed by atoms with Crippen LogP contribution in [0.4, 0.5) is 0 Å². The van der Waals surface area contributed by atoms with Crippen LogP contribution in [0.2, 0.25) is 0 Å². The molecule has 0 aromatic carbocycles. The van der Waals surface area contributed by atoms with Crippen molar-refractivity contribution in [2.75, 3.05) is 6.61 Å². The summed E-state index contributed by atoms with van der Waals surface area (Å²) in [5, 5.41) is 18.3. The van der Waals surface area contributed by atoms with Crippen LogP contribution in [0.1, 0.15) is 27.2 Å². The Kier molecular flexibility index (Phi) is 7.19. The molecule has 0 unspecified atom stereocenters. The quantitative estimate of drug-likeness (QED) is 0.291. The van der Waals surface area contributed by atoms with Gasteiger partial charge in [0.15, 0.2) is 12.2 Å². The third-order valence-corrected chi connectivity index (χ3v) is 3.73. The Morgan fingerprint density at radius 1 is 1.30 bits per heavy atom. The first-order chi connectivity index (χ1) is 10.8. The molecular weight excluding hydrogens is 300 g/mol. The standard InChI is InChI=1S/C17H24O6/c1-4-12(2)15(20)16(21)23-13(17(3)11-22-17)9-7-5-6-8-10-14(18)19/h5-10,12-13,15,20H,4,11H2,1-3H3,(H,18,19)/b6-5+,9-7-,10-8+/t12-,13+,15+,17-/m0/s1. The molecule has 1 fully saturated rings. The van der Waals surface area contributed by atoms with Crippen molar-refractivity contribution in [1.29, 1.82) is 0 Å². The van der Waals surface area contributed by atoms with Gasteiger partial charge in [0, 0.05) is 6.08 Å². The molecule has 0 bridgehead atoms. The van der Waals surface area contributed by atoms with E-state index in [9.17, 15) is 14.7 Å². The molecule has 2 N–H and O–H groups in total. The molecule has 6 heteroatoms. The molecule has 1 aliphatic heterocycles. The number of aliphatic hydroxyl groups excluding tert-OH is 1. The number of carboxylic acids is 1. The van der Waals surface area contributed by atoms with E-state index in [1.807, 2.05) is 13.8 Å². The van der Waals surface area contributed by atoms with Crippen molar-refractivity contribution in [2.45, 2.75) is 45.0 Å². The van der Waals surface area contributed by atoms with Crippen molar-refractivity contribution in [3.63, 3.8) is 0 Å². The van der Waals surface area contributed by atoms with Gasteiger partial charge in [-0.2, -0.15) is 0 Å². The van der Waals surface area contributed by atoms with Crippen LogP contribution in [0, 0.1) is 5.92 Å². The number of epoxide rings is 1. The molecule has 1 heterocycles. The number of hydrogen-bond donors (Lipinski definition) is 2. The third-order valence-electron chi connectivity index (χ3n) is 3.73. The van der Waals surface area contributed by atoms with Crippen LogP contribution in [-0.4, -0.2) is 46.6 Å². The number of aliphatic carboxylic acids is 1. The zero-order valence-electron chi connectivity index (χ0n) is 13.6. The minimum absolute atomic E-state index is 0.180. The molecule has 0 saturated carbocycles. The number of allylic oxidation sites excluding steroid dienone is 4. The molecule has 23 heavy (non-hydrogen) atoms. The fraction of sp³-hybridized carbons (Fsp3) is 0.529. The largest absolute Gasteiger partial charge is 0.478 e. The Morgan fingerprint density at radius 3 is 2.43 bits per heavy atom. The zero-order chi connectivity index (χ0) is 17.5. The predicted molar refractivity (Wildman–Crippen MR) is 84.8 cm³/mol. The van der Waals surface area contributed by atoms with Gasteiger partial charge >= 0.3 is 11.9 Å². The first-order valence-electron chi connectivity index (χ1n) is 7.57. The van der Waals surface area contributed by atoms with Gasteiger partial charge in [-0.15, -0.1) is 0 Å². The van der Waals surface area contributed by atoms with Gasteiger partial charge < -0.3 is 19.7 Å². The molecule has 0 amide bonds. The van der Waals surface area contributed by atoms with Crippen molar-refractivity contribution < 1.29 is 29.3 Å². The van der Waals surface area contributed by atoms with Gasteiger partial charge in [0.2, 0.25) is 0 Å². The van der Waals surface area contributed by atoms with Gasteiger partial charge in [-0.25, -0.2) is 9.59 Å². The fourth-order valence-corrected chi connectivity index (χ4v) is 1.73. The first-order valence-corrected chi connectivity index (χ1v) is 7.57. The normalized spacial score (nSPS) is 24.9. The highest BCUT2D eigenvalue weighted by Gasteiger charge is 2.48. The average Bonchev–Trinajstić information content (AvgIpc) is 3.26. The molecule has 0 aliphatic carbocycles. The number of carboxylic acid groups (broad SMARTS) is 1. The van der Waals surface area contributed by atoms with E-state index in [0.29, 0.717) is 13.0 Å². The van der Waals surface area contributed by atoms with Crippen molar-refractivity contribution >= 4 is 11.9 Å². The van der Waals surface area contributed by atoms with Gasteiger partial charge in [0.1, 0.15) is 5.60 Å². The molecule has 0 spiro atoms. The lowest BCUT2D eigenvalue weighted by Crippen LogP contribution is -2.37. The maximum Gasteiger partial charge on any atom is 0.335 e. The van der Waals surface area contributed by atoms with Crippen LogP contribution in [0.3, 0.4) is 0 Å². The highest BCUT2D eigenvalue weighted by atomic mass is 16.6. The summed E-state index contributed by atoms with van der Waals surface area (Å²) in [6, 6.07) is 0. The van der Waals surface area contributed by atoms with Crippen molar-refractivity contribution in [1.82, 2.24) is 0 Å². The van der Waals surface area contributed by atoms with E-state index in [-0.39, 0.29) is 5.92 Å². The van der Waals surface area contributed by atoms with E-state index in [2.05, 4.69) is 0 Å². The summed E-state index contributed by atoms with van der Waals surface area (Å²) in [6.07, 6.45) is 7.76. The number of esters is 1. The second-order valence-corrected chi connectivity index (χ2v) is 5.76. The molecule has 0 aromatic rings. The molecule has 1 aliphatic rings. The number of carbonyl (C=O) groups excluding carboxylic acids is 1. The highest BCUT2D eigenvalue weighted by molar-refractivity contribution is 5.80. The SMILES string of the molecule is CC[C@H](C)[C@@H](O)C(=O)O[C@H](\C=C/C=C/C=C/C(=O)O)[C@]1(C)CO1. The monoisotopic (exact) mass is 324 g/mol. The smallest absolute Gasteiger partial charge is 0.335 e. The summed E-state index contributed by atoms with van der Waals surface area (Å²) in [6.45, 7) is 5.96. The van der Waals surface area contributed by atoms with E-state index in [0.717, 1.165) is 6.08 Å². The van der Waals surface area contributed by atoms with Gasteiger partial charge in [0.05, 0.1) is 6.61 Å². The third kappa shape index (κ3) is 6.38. The van der Waals surface area contributed by atoms with Gasteiger partial charge in [-0.05, 0) is 18.9 Å². The Morgan fingerprint density at radius 2 is 1.91 bits per heavy atom. The Bertz CT molecular complexity index is 501. The summed E-state index contributed by atoms with van der Waals surface area (Å²) in [5.41, 5.74) is -0.577. The van der Waals surface area contributed by atoms with E-state index >= 15 is 0 Å².